The summed E-state index contributed by atoms with van der Waals surface area (Å²) in [6.45, 7) is 4.58. The van der Waals surface area contributed by atoms with Crippen LogP contribution in [0.4, 0.5) is 0 Å². The van der Waals surface area contributed by atoms with Crippen molar-refractivity contribution in [2.24, 2.45) is 5.92 Å². The number of fused-ring (bicyclic) bond motifs is 6. The van der Waals surface area contributed by atoms with Crippen LogP contribution in [0.25, 0.3) is 53.8 Å². The van der Waals surface area contributed by atoms with Gasteiger partial charge in [0.2, 0.25) is 0 Å². The Kier molecular flexibility index (Phi) is 5.40. The Labute approximate surface area is 221 Å². The van der Waals surface area contributed by atoms with Gasteiger partial charge >= 0.3 is 0 Å². The number of benzene rings is 4. The lowest BCUT2D eigenvalue weighted by molar-refractivity contribution is 0.646. The molecule has 7 rings (SSSR count). The predicted molar refractivity (Wildman–Crippen MR) is 157 cm³/mol. The Hall–Kier alpha value is -3.82. The highest BCUT2D eigenvalue weighted by Crippen LogP contribution is 2.46. The number of thiophene rings is 1. The van der Waals surface area contributed by atoms with Crippen LogP contribution in [0.1, 0.15) is 30.5 Å². The maximum absolute atomic E-state index is 4.86. The summed E-state index contributed by atoms with van der Waals surface area (Å²) in [7, 11) is 0. The monoisotopic (exact) mass is 496 g/mol. The molecule has 0 fully saturated rings. The number of aromatic nitrogens is 2. The summed E-state index contributed by atoms with van der Waals surface area (Å²) >= 11 is 1.87. The van der Waals surface area contributed by atoms with Gasteiger partial charge in [0.05, 0.1) is 15.9 Å². The van der Waals surface area contributed by atoms with Gasteiger partial charge in [0.15, 0.2) is 0 Å². The Morgan fingerprint density at radius 2 is 1.62 bits per heavy atom. The maximum atomic E-state index is 4.86. The molecule has 3 heteroatoms. The lowest BCUT2D eigenvalue weighted by Crippen LogP contribution is -2.04. The zero-order valence-corrected chi connectivity index (χ0v) is 22.0. The molecular formula is C34H28N2S. The molecule has 0 saturated heterocycles. The SMILES string of the molecule is CC(C)Cc1ccc2c(c1)CCc1c-2sc2c(-c3cc(-c4ccccc4)c4ccccc4c3)ncnc12. The third-order valence-electron chi connectivity index (χ3n) is 7.49. The number of nitrogens with zero attached hydrogens (tertiary/aromatic N) is 2. The highest BCUT2D eigenvalue weighted by Gasteiger charge is 2.24. The first-order valence-corrected chi connectivity index (χ1v) is 13.9. The van der Waals surface area contributed by atoms with E-state index in [1.165, 1.54) is 53.7 Å². The highest BCUT2D eigenvalue weighted by molar-refractivity contribution is 7.23. The maximum Gasteiger partial charge on any atom is 0.116 e. The fraction of sp³-hybridized carbons (Fsp3) is 0.176. The van der Waals surface area contributed by atoms with Gasteiger partial charge in [-0.1, -0.05) is 86.6 Å². The van der Waals surface area contributed by atoms with Gasteiger partial charge in [-0.25, -0.2) is 9.97 Å². The van der Waals surface area contributed by atoms with Crippen LogP contribution in [0.2, 0.25) is 0 Å². The number of rotatable bonds is 4. The molecule has 6 aromatic rings. The summed E-state index contributed by atoms with van der Waals surface area (Å²) in [4.78, 5) is 11.1. The Morgan fingerprint density at radius 3 is 2.49 bits per heavy atom. The molecule has 1 aliphatic carbocycles. The Balaban J connectivity index is 1.42. The largest absolute Gasteiger partial charge is 0.235 e. The van der Waals surface area contributed by atoms with Crippen molar-refractivity contribution in [2.45, 2.75) is 33.1 Å². The Morgan fingerprint density at radius 1 is 0.784 bits per heavy atom. The zero-order chi connectivity index (χ0) is 24.9. The van der Waals surface area contributed by atoms with E-state index in [1.807, 2.05) is 11.3 Å². The normalized spacial score (nSPS) is 12.7. The fourth-order valence-corrected chi connectivity index (χ4v) is 7.22. The summed E-state index contributed by atoms with van der Waals surface area (Å²) in [6, 6.07) is 31.0. The van der Waals surface area contributed by atoms with Crippen molar-refractivity contribution in [3.8, 4) is 32.8 Å². The van der Waals surface area contributed by atoms with Crippen LogP contribution in [0.15, 0.2) is 91.3 Å². The molecular weight excluding hydrogens is 468 g/mol. The minimum Gasteiger partial charge on any atom is -0.235 e. The molecule has 4 aromatic carbocycles. The smallest absolute Gasteiger partial charge is 0.116 e. The highest BCUT2D eigenvalue weighted by atomic mass is 32.1. The van der Waals surface area contributed by atoms with Crippen molar-refractivity contribution < 1.29 is 0 Å². The second-order valence-electron chi connectivity index (χ2n) is 10.5. The van der Waals surface area contributed by atoms with Gasteiger partial charge in [-0.2, -0.15) is 0 Å². The van der Waals surface area contributed by atoms with Crippen LogP contribution in [-0.2, 0) is 19.3 Å². The molecule has 0 atom stereocenters. The number of hydrogen-bond acceptors (Lipinski definition) is 3. The summed E-state index contributed by atoms with van der Waals surface area (Å²) < 4.78 is 1.20. The first kappa shape index (κ1) is 22.4. The van der Waals surface area contributed by atoms with Crippen molar-refractivity contribution >= 4 is 32.3 Å². The second-order valence-corrected chi connectivity index (χ2v) is 11.5. The van der Waals surface area contributed by atoms with E-state index >= 15 is 0 Å². The van der Waals surface area contributed by atoms with Crippen molar-refractivity contribution in [3.05, 3.63) is 108 Å². The lowest BCUT2D eigenvalue weighted by atomic mass is 9.88. The Bertz CT molecular complexity index is 1780. The van der Waals surface area contributed by atoms with E-state index in [1.54, 1.807) is 6.33 Å². The van der Waals surface area contributed by atoms with Gasteiger partial charge in [-0.05, 0) is 81.5 Å². The van der Waals surface area contributed by atoms with Crippen LogP contribution in [0.3, 0.4) is 0 Å². The molecule has 37 heavy (non-hydrogen) atoms. The minimum atomic E-state index is 0.669. The third-order valence-corrected chi connectivity index (χ3v) is 8.75. The van der Waals surface area contributed by atoms with Gasteiger partial charge in [0, 0.05) is 10.4 Å². The average Bonchev–Trinajstić information content (AvgIpc) is 3.32. The topological polar surface area (TPSA) is 25.8 Å². The van der Waals surface area contributed by atoms with E-state index in [-0.39, 0.29) is 0 Å². The van der Waals surface area contributed by atoms with Gasteiger partial charge < -0.3 is 0 Å². The van der Waals surface area contributed by atoms with Gasteiger partial charge in [-0.15, -0.1) is 11.3 Å². The quantitative estimate of drug-likeness (QED) is 0.243. The molecule has 2 aromatic heterocycles. The van der Waals surface area contributed by atoms with Crippen molar-refractivity contribution in [1.29, 1.82) is 0 Å². The summed E-state index contributed by atoms with van der Waals surface area (Å²) in [5.41, 5.74) is 11.5. The van der Waals surface area contributed by atoms with E-state index in [9.17, 15) is 0 Å². The van der Waals surface area contributed by atoms with Gasteiger partial charge in [-0.3, -0.25) is 0 Å². The predicted octanol–water partition coefficient (Wildman–Crippen LogP) is 9.14. The molecule has 0 spiro atoms. The standard InChI is InChI=1S/C34H28N2S/c1-21(2)16-22-12-14-28-25(17-22)13-15-29-32-34(37-33(28)29)31(35-20-36-32)26-18-24-10-6-7-11-27(24)30(19-26)23-8-4-3-5-9-23/h3-12,14,17-21H,13,15-16H2,1-2H3. The van der Waals surface area contributed by atoms with Crippen LogP contribution >= 0.6 is 11.3 Å². The zero-order valence-electron chi connectivity index (χ0n) is 21.2. The van der Waals surface area contributed by atoms with Crippen LogP contribution in [-0.4, -0.2) is 9.97 Å². The molecule has 0 N–H and O–H groups in total. The van der Waals surface area contributed by atoms with Crippen LogP contribution in [0.5, 0.6) is 0 Å². The molecule has 0 amide bonds. The first-order valence-electron chi connectivity index (χ1n) is 13.1. The van der Waals surface area contributed by atoms with E-state index in [0.717, 1.165) is 36.0 Å². The van der Waals surface area contributed by atoms with E-state index in [4.69, 9.17) is 9.97 Å². The van der Waals surface area contributed by atoms with Crippen LogP contribution < -0.4 is 0 Å². The molecule has 180 valence electrons. The second kappa shape index (κ2) is 8.93. The molecule has 0 saturated carbocycles. The summed E-state index contributed by atoms with van der Waals surface area (Å²) in [5.74, 6) is 0.669. The fourth-order valence-electron chi connectivity index (χ4n) is 5.85. The average molecular weight is 497 g/mol. The van der Waals surface area contributed by atoms with Crippen molar-refractivity contribution in [1.82, 2.24) is 9.97 Å². The van der Waals surface area contributed by atoms with E-state index in [0.29, 0.717) is 5.92 Å². The molecule has 0 bridgehead atoms. The number of aryl methyl sites for hydroxylation is 2. The van der Waals surface area contributed by atoms with Crippen LogP contribution in [0, 0.1) is 5.92 Å². The first-order chi connectivity index (χ1) is 18.2. The summed E-state index contributed by atoms with van der Waals surface area (Å²) in [6.07, 6.45) is 5.00. The van der Waals surface area contributed by atoms with E-state index < -0.39 is 0 Å². The summed E-state index contributed by atoms with van der Waals surface area (Å²) in [5, 5.41) is 2.49. The lowest BCUT2D eigenvalue weighted by Gasteiger charge is -2.18. The molecule has 0 unspecified atom stereocenters. The molecule has 0 radical (unpaired) electrons. The molecule has 2 heterocycles. The molecule has 2 nitrogen and oxygen atoms in total. The van der Waals surface area contributed by atoms with Crippen molar-refractivity contribution in [3.63, 3.8) is 0 Å². The van der Waals surface area contributed by atoms with Gasteiger partial charge in [0.25, 0.3) is 0 Å². The van der Waals surface area contributed by atoms with Gasteiger partial charge in [0.1, 0.15) is 6.33 Å². The molecule has 0 aliphatic heterocycles. The van der Waals surface area contributed by atoms with Crippen molar-refractivity contribution in [2.75, 3.05) is 0 Å². The minimum absolute atomic E-state index is 0.669. The molecule has 1 aliphatic rings. The van der Waals surface area contributed by atoms with E-state index in [2.05, 4.69) is 98.8 Å². The number of hydrogen-bond donors (Lipinski definition) is 0. The third kappa shape index (κ3) is 3.86.